The van der Waals surface area contributed by atoms with Gasteiger partial charge in [-0.05, 0) is 37.7 Å². The Kier molecular flexibility index (Phi) is 7.28. The average Bonchev–Trinajstić information content (AvgIpc) is 2.68. The van der Waals surface area contributed by atoms with Gasteiger partial charge < -0.3 is 14.8 Å². The second kappa shape index (κ2) is 9.66. The molecule has 7 nitrogen and oxygen atoms in total. The summed E-state index contributed by atoms with van der Waals surface area (Å²) in [4.78, 5) is 38.0. The zero-order chi connectivity index (χ0) is 20.7. The van der Waals surface area contributed by atoms with E-state index in [2.05, 4.69) is 10.1 Å². The Morgan fingerprint density at radius 1 is 0.964 bits per heavy atom. The molecule has 1 N–H and O–H groups in total. The molecular formula is C21H24N2O5. The van der Waals surface area contributed by atoms with Crippen LogP contribution in [0, 0.1) is 6.92 Å². The van der Waals surface area contributed by atoms with Gasteiger partial charge in [-0.25, -0.2) is 9.59 Å². The van der Waals surface area contributed by atoms with E-state index in [-0.39, 0.29) is 29.3 Å². The third-order valence-corrected chi connectivity index (χ3v) is 4.11. The van der Waals surface area contributed by atoms with Gasteiger partial charge in [-0.1, -0.05) is 29.8 Å². The highest BCUT2D eigenvalue weighted by atomic mass is 16.5. The maximum atomic E-state index is 12.5. The molecule has 1 amide bonds. The van der Waals surface area contributed by atoms with Crippen molar-refractivity contribution in [1.82, 2.24) is 4.90 Å². The van der Waals surface area contributed by atoms with E-state index < -0.39 is 11.9 Å². The zero-order valence-corrected chi connectivity index (χ0v) is 16.4. The maximum Gasteiger partial charge on any atom is 0.339 e. The largest absolute Gasteiger partial charge is 0.465 e. The lowest BCUT2D eigenvalue weighted by molar-refractivity contribution is -0.117. The first-order valence-electron chi connectivity index (χ1n) is 8.68. The highest BCUT2D eigenvalue weighted by Gasteiger charge is 2.18. The topological polar surface area (TPSA) is 84.9 Å². The first-order valence-corrected chi connectivity index (χ1v) is 8.68. The van der Waals surface area contributed by atoms with Crippen LogP contribution in [0.4, 0.5) is 5.69 Å². The lowest BCUT2D eigenvalue weighted by atomic mass is 10.1. The number of rotatable bonds is 7. The van der Waals surface area contributed by atoms with Gasteiger partial charge in [0.05, 0.1) is 37.6 Å². The van der Waals surface area contributed by atoms with Crippen molar-refractivity contribution in [2.75, 3.05) is 33.1 Å². The minimum absolute atomic E-state index is 0.108. The van der Waals surface area contributed by atoms with Gasteiger partial charge in [0.1, 0.15) is 0 Å². The van der Waals surface area contributed by atoms with Crippen molar-refractivity contribution >= 4 is 23.5 Å². The van der Waals surface area contributed by atoms with Crippen LogP contribution >= 0.6 is 0 Å². The van der Waals surface area contributed by atoms with Crippen LogP contribution in [0.1, 0.15) is 31.8 Å². The molecule has 0 aliphatic carbocycles. The van der Waals surface area contributed by atoms with E-state index in [0.717, 1.165) is 5.56 Å². The second-order valence-electron chi connectivity index (χ2n) is 6.45. The van der Waals surface area contributed by atoms with Gasteiger partial charge >= 0.3 is 11.9 Å². The molecule has 0 bridgehead atoms. The predicted octanol–water partition coefficient (Wildman–Crippen LogP) is 2.64. The zero-order valence-electron chi connectivity index (χ0n) is 16.4. The molecule has 7 heteroatoms. The molecule has 2 aromatic rings. The predicted molar refractivity (Wildman–Crippen MR) is 105 cm³/mol. The fourth-order valence-electron chi connectivity index (χ4n) is 2.68. The number of ether oxygens (including phenoxy) is 2. The van der Waals surface area contributed by atoms with Crippen LogP contribution in [0.5, 0.6) is 0 Å². The van der Waals surface area contributed by atoms with Gasteiger partial charge in [0.15, 0.2) is 0 Å². The Balaban J connectivity index is 2.11. The molecule has 148 valence electrons. The summed E-state index contributed by atoms with van der Waals surface area (Å²) in [5.74, 6) is -1.50. The van der Waals surface area contributed by atoms with E-state index in [9.17, 15) is 14.4 Å². The summed E-state index contributed by atoms with van der Waals surface area (Å²) in [5.41, 5.74) is 2.83. The molecule has 2 rings (SSSR count). The van der Waals surface area contributed by atoms with Crippen LogP contribution in [0.2, 0.25) is 0 Å². The van der Waals surface area contributed by atoms with E-state index in [0.29, 0.717) is 6.54 Å². The molecule has 0 saturated carbocycles. The molecule has 28 heavy (non-hydrogen) atoms. The number of hydrogen-bond donors (Lipinski definition) is 1. The molecule has 0 heterocycles. The van der Waals surface area contributed by atoms with E-state index in [1.807, 2.05) is 43.1 Å². The van der Waals surface area contributed by atoms with Crippen molar-refractivity contribution in [3.8, 4) is 0 Å². The Labute approximate surface area is 164 Å². The molecule has 0 radical (unpaired) electrons. The van der Waals surface area contributed by atoms with Gasteiger partial charge in [-0.2, -0.15) is 0 Å². The first kappa shape index (κ1) is 21.1. The highest BCUT2D eigenvalue weighted by Crippen LogP contribution is 2.20. The number of anilines is 1. The molecule has 0 spiro atoms. The van der Waals surface area contributed by atoms with Crippen LogP contribution in [-0.2, 0) is 20.8 Å². The van der Waals surface area contributed by atoms with Crippen molar-refractivity contribution in [2.24, 2.45) is 0 Å². The summed E-state index contributed by atoms with van der Waals surface area (Å²) < 4.78 is 9.42. The molecule has 0 aliphatic heterocycles. The number of hydrogen-bond acceptors (Lipinski definition) is 6. The molecule has 0 fully saturated rings. The number of carbonyl (C=O) groups excluding carboxylic acids is 3. The number of carbonyl (C=O) groups is 3. The minimum Gasteiger partial charge on any atom is -0.465 e. The van der Waals surface area contributed by atoms with E-state index in [1.165, 1.54) is 38.0 Å². The number of likely N-dealkylation sites (N-methyl/N-ethyl adjacent to an activating group) is 1. The van der Waals surface area contributed by atoms with Gasteiger partial charge in [-0.3, -0.25) is 9.69 Å². The van der Waals surface area contributed by atoms with Gasteiger partial charge in [0, 0.05) is 6.54 Å². The molecular weight excluding hydrogens is 360 g/mol. The summed E-state index contributed by atoms with van der Waals surface area (Å²) in [5, 5.41) is 2.68. The summed E-state index contributed by atoms with van der Waals surface area (Å²) in [7, 11) is 4.33. The average molecular weight is 384 g/mol. The fourth-order valence-corrected chi connectivity index (χ4v) is 2.68. The lowest BCUT2D eigenvalue weighted by Gasteiger charge is -2.17. The third-order valence-electron chi connectivity index (χ3n) is 4.11. The minimum atomic E-state index is -0.611. The van der Waals surface area contributed by atoms with Crippen LogP contribution in [0.25, 0.3) is 0 Å². The number of esters is 2. The van der Waals surface area contributed by atoms with E-state index in [4.69, 9.17) is 4.74 Å². The van der Waals surface area contributed by atoms with Crippen molar-refractivity contribution in [3.05, 3.63) is 64.7 Å². The Morgan fingerprint density at radius 2 is 1.61 bits per heavy atom. The Hall–Kier alpha value is -3.19. The van der Waals surface area contributed by atoms with Gasteiger partial charge in [0.25, 0.3) is 0 Å². The van der Waals surface area contributed by atoms with E-state index >= 15 is 0 Å². The summed E-state index contributed by atoms with van der Waals surface area (Å²) in [6.07, 6.45) is 0. The Morgan fingerprint density at radius 3 is 2.21 bits per heavy atom. The smallest absolute Gasteiger partial charge is 0.339 e. The van der Waals surface area contributed by atoms with Crippen LogP contribution in [0.3, 0.4) is 0 Å². The quantitative estimate of drug-likeness (QED) is 0.739. The van der Waals surface area contributed by atoms with Gasteiger partial charge in [-0.15, -0.1) is 0 Å². The number of nitrogens with zero attached hydrogens (tertiary/aromatic N) is 1. The number of aryl methyl sites for hydroxylation is 1. The fraction of sp³-hybridized carbons (Fsp3) is 0.286. The van der Waals surface area contributed by atoms with Crippen molar-refractivity contribution in [1.29, 1.82) is 0 Å². The van der Waals surface area contributed by atoms with Gasteiger partial charge in [0.2, 0.25) is 5.91 Å². The summed E-state index contributed by atoms with van der Waals surface area (Å²) in [6, 6.07) is 12.3. The second-order valence-corrected chi connectivity index (χ2v) is 6.45. The van der Waals surface area contributed by atoms with Crippen molar-refractivity contribution in [3.63, 3.8) is 0 Å². The van der Waals surface area contributed by atoms with Crippen LogP contribution in [-0.4, -0.2) is 50.6 Å². The molecule has 0 saturated heterocycles. The monoisotopic (exact) mass is 384 g/mol. The number of benzene rings is 2. The van der Waals surface area contributed by atoms with Crippen molar-refractivity contribution < 1.29 is 23.9 Å². The lowest BCUT2D eigenvalue weighted by Crippen LogP contribution is -2.30. The standard InChI is InChI=1S/C21H24N2O5/c1-14-5-7-15(8-6-14)12-23(2)13-19(24)22-18-11-16(20(25)27-3)9-10-17(18)21(26)28-4/h5-11H,12-13H2,1-4H3,(H,22,24). The molecule has 0 atom stereocenters. The van der Waals surface area contributed by atoms with Crippen molar-refractivity contribution in [2.45, 2.75) is 13.5 Å². The SMILES string of the molecule is COC(=O)c1ccc(C(=O)OC)c(NC(=O)CN(C)Cc2ccc(C)cc2)c1. The maximum absolute atomic E-state index is 12.5. The normalized spacial score (nSPS) is 10.5. The third kappa shape index (κ3) is 5.65. The summed E-state index contributed by atoms with van der Waals surface area (Å²) in [6.45, 7) is 2.72. The Bertz CT molecular complexity index is 862. The van der Waals surface area contributed by atoms with Crippen LogP contribution < -0.4 is 5.32 Å². The molecule has 0 aliphatic rings. The first-order chi connectivity index (χ1) is 13.3. The molecule has 0 unspecified atom stereocenters. The molecule has 2 aromatic carbocycles. The number of methoxy groups -OCH3 is 2. The summed E-state index contributed by atoms with van der Waals surface area (Å²) >= 11 is 0. The number of amides is 1. The van der Waals surface area contributed by atoms with E-state index in [1.54, 1.807) is 0 Å². The highest BCUT2D eigenvalue weighted by molar-refractivity contribution is 6.03. The number of nitrogens with one attached hydrogen (secondary N) is 1. The molecule has 0 aromatic heterocycles. The van der Waals surface area contributed by atoms with Crippen LogP contribution in [0.15, 0.2) is 42.5 Å².